The van der Waals surface area contributed by atoms with Crippen molar-refractivity contribution >= 4 is 65.4 Å². The minimum absolute atomic E-state index is 0.0592. The minimum atomic E-state index is -0.221. The molecule has 6 heteroatoms. The van der Waals surface area contributed by atoms with Crippen LogP contribution in [0.1, 0.15) is 12.8 Å². The summed E-state index contributed by atoms with van der Waals surface area (Å²) < 4.78 is -0.118. The maximum Gasteiger partial charge on any atom is 0.0908 e. The van der Waals surface area contributed by atoms with Crippen LogP contribution in [0.3, 0.4) is 0 Å². The molecule has 12 heavy (non-hydrogen) atoms. The fraction of sp³-hybridized carbons (Fsp3) is 1.00. The van der Waals surface area contributed by atoms with Gasteiger partial charge in [-0.15, -0.1) is 46.4 Å². The van der Waals surface area contributed by atoms with Crippen molar-refractivity contribution < 1.29 is 0 Å². The number of hydrogen-bond donors (Lipinski definition) is 0. The molecule has 74 valence electrons. The van der Waals surface area contributed by atoms with Crippen LogP contribution in [-0.4, -0.2) is 28.0 Å². The van der Waals surface area contributed by atoms with Crippen molar-refractivity contribution in [3.05, 3.63) is 0 Å². The van der Waals surface area contributed by atoms with Crippen LogP contribution in [0.15, 0.2) is 0 Å². The Hall–Kier alpha value is 1.59. The monoisotopic (exact) mass is 282 g/mol. The highest BCUT2D eigenvalue weighted by Gasteiger charge is 2.01. The molecule has 0 saturated carbocycles. The Labute approximate surface area is 98.9 Å². The van der Waals surface area contributed by atoms with Crippen molar-refractivity contribution in [3.63, 3.8) is 0 Å². The first kappa shape index (κ1) is 13.6. The first-order chi connectivity index (χ1) is 5.63. The molecule has 0 saturated heterocycles. The van der Waals surface area contributed by atoms with Crippen LogP contribution in [-0.2, 0) is 0 Å². The lowest BCUT2D eigenvalue weighted by atomic mass is 10.4. The Kier molecular flexibility index (Phi) is 10.4. The van der Waals surface area contributed by atoms with E-state index in [2.05, 4.69) is 0 Å². The molecule has 0 N–H and O–H groups in total. The maximum absolute atomic E-state index is 5.63. The zero-order valence-corrected chi connectivity index (χ0v) is 12.8. The van der Waals surface area contributed by atoms with E-state index in [9.17, 15) is 0 Å². The van der Waals surface area contributed by atoms with Gasteiger partial charge in [-0.3, -0.25) is 0 Å². The summed E-state index contributed by atoms with van der Waals surface area (Å²) in [6.07, 6.45) is 2.52. The summed E-state index contributed by atoms with van der Waals surface area (Å²) in [6.45, 7) is 0. The summed E-state index contributed by atoms with van der Waals surface area (Å²) in [5.74, 6) is 0. The summed E-state index contributed by atoms with van der Waals surface area (Å²) >= 11 is 22.5. The van der Waals surface area contributed by atoms with Gasteiger partial charge in [-0.05, 0) is 0 Å². The third-order valence-electron chi connectivity index (χ3n) is 1.59. The van der Waals surface area contributed by atoms with E-state index in [0.29, 0.717) is 0 Å². The Morgan fingerprint density at radius 1 is 0.750 bits per heavy atom. The third kappa shape index (κ3) is 11.6. The summed E-state index contributed by atoms with van der Waals surface area (Å²) in [5.41, 5.74) is 0. The largest absolute Gasteiger partial charge is 0.110 e. The average molecular weight is 284 g/mol. The molecule has 0 radical (unpaired) electrons. The first-order valence-electron chi connectivity index (χ1n) is 4.19. The molecule has 0 nitrogen and oxygen atoms in total. The molecule has 0 amide bonds. The Morgan fingerprint density at radius 3 is 1.33 bits per heavy atom. The van der Waals surface area contributed by atoms with Gasteiger partial charge in [-0.25, -0.2) is 0 Å². The Morgan fingerprint density at radius 2 is 1.08 bits per heavy atom. The van der Waals surface area contributed by atoms with Crippen molar-refractivity contribution in [2.75, 3.05) is 0 Å². The zero-order valence-electron chi connectivity index (χ0n) is 6.91. The van der Waals surface area contributed by atoms with E-state index in [-0.39, 0.29) is 28.0 Å². The lowest BCUT2D eigenvalue weighted by molar-refractivity contribution is 0.872. The maximum atomic E-state index is 5.63. The second-order valence-electron chi connectivity index (χ2n) is 2.77. The van der Waals surface area contributed by atoms with E-state index in [4.69, 9.17) is 46.4 Å². The molecule has 0 unspecified atom stereocenters. The van der Waals surface area contributed by atoms with Crippen molar-refractivity contribution in [3.8, 4) is 0 Å². The van der Waals surface area contributed by atoms with Crippen LogP contribution < -0.4 is 0 Å². The molecular formula is C6H14Cl4Si2. The van der Waals surface area contributed by atoms with Gasteiger partial charge in [0.15, 0.2) is 0 Å². The lowest BCUT2D eigenvalue weighted by Gasteiger charge is -2.01. The summed E-state index contributed by atoms with van der Waals surface area (Å²) in [7, 11) is -0.442. The molecule has 0 rings (SSSR count). The van der Waals surface area contributed by atoms with Crippen molar-refractivity contribution in [1.82, 2.24) is 0 Å². The summed E-state index contributed by atoms with van der Waals surface area (Å²) in [6, 6.07) is 2.50. The standard InChI is InChI=1S/C6H14Cl4Si2/c7-5(8)11-3-1-2-4-12-6(9)10/h5-6H,1-4,11-12H2. The lowest BCUT2D eigenvalue weighted by Crippen LogP contribution is -2.02. The second kappa shape index (κ2) is 9.16. The van der Waals surface area contributed by atoms with Gasteiger partial charge in [0.05, 0.1) is 28.0 Å². The van der Waals surface area contributed by atoms with Crippen LogP contribution in [0.4, 0.5) is 0 Å². The molecule has 0 aliphatic rings. The zero-order chi connectivity index (χ0) is 9.40. The smallest absolute Gasteiger partial charge is 0.0908 e. The van der Waals surface area contributed by atoms with Gasteiger partial charge in [-0.1, -0.05) is 24.9 Å². The third-order valence-corrected chi connectivity index (χ3v) is 6.90. The fourth-order valence-electron chi connectivity index (χ4n) is 0.951. The second-order valence-corrected chi connectivity index (χ2v) is 11.6. The van der Waals surface area contributed by atoms with Gasteiger partial charge in [0.1, 0.15) is 0 Å². The molecule has 0 aliphatic carbocycles. The van der Waals surface area contributed by atoms with Crippen molar-refractivity contribution in [2.24, 2.45) is 0 Å². The molecule has 0 bridgehead atoms. The molecule has 0 aromatic rings. The Balaban J connectivity index is 2.91. The SMILES string of the molecule is ClC(Cl)[SiH2]CCCC[SiH2]C(Cl)Cl. The molecule has 0 heterocycles. The van der Waals surface area contributed by atoms with Gasteiger partial charge in [-0.2, -0.15) is 0 Å². The molecule has 0 aromatic heterocycles. The van der Waals surface area contributed by atoms with Crippen LogP contribution in [0.25, 0.3) is 0 Å². The Bertz CT molecular complexity index is 87.5. The van der Waals surface area contributed by atoms with E-state index in [1.54, 1.807) is 0 Å². The fourth-order valence-corrected chi connectivity index (χ4v) is 4.70. The van der Waals surface area contributed by atoms with Crippen molar-refractivity contribution in [1.29, 1.82) is 0 Å². The van der Waals surface area contributed by atoms with E-state index in [1.165, 1.54) is 24.9 Å². The van der Waals surface area contributed by atoms with Crippen molar-refractivity contribution in [2.45, 2.75) is 33.8 Å². The van der Waals surface area contributed by atoms with Gasteiger partial charge in [0.2, 0.25) is 0 Å². The van der Waals surface area contributed by atoms with E-state index >= 15 is 0 Å². The number of alkyl halides is 4. The number of unbranched alkanes of at least 4 members (excludes halogenated alkanes) is 1. The molecule has 0 aromatic carbocycles. The highest BCUT2D eigenvalue weighted by molar-refractivity contribution is 6.69. The number of halogens is 4. The first-order valence-corrected chi connectivity index (χ1v) is 9.57. The minimum Gasteiger partial charge on any atom is -0.110 e. The molecular weight excluding hydrogens is 270 g/mol. The van der Waals surface area contributed by atoms with Gasteiger partial charge >= 0.3 is 0 Å². The van der Waals surface area contributed by atoms with Crippen LogP contribution in [0.2, 0.25) is 12.1 Å². The predicted molar refractivity (Wildman–Crippen MR) is 66.9 cm³/mol. The molecule has 0 aliphatic heterocycles. The van der Waals surface area contributed by atoms with E-state index < -0.39 is 0 Å². The van der Waals surface area contributed by atoms with Gasteiger partial charge < -0.3 is 0 Å². The normalized spacial score (nSPS) is 13.5. The molecule has 0 atom stereocenters. The van der Waals surface area contributed by atoms with E-state index in [0.717, 1.165) is 0 Å². The van der Waals surface area contributed by atoms with Crippen LogP contribution in [0.5, 0.6) is 0 Å². The van der Waals surface area contributed by atoms with Crippen LogP contribution in [0, 0.1) is 0 Å². The summed E-state index contributed by atoms with van der Waals surface area (Å²) in [5, 5.41) is 0. The van der Waals surface area contributed by atoms with Crippen LogP contribution >= 0.6 is 46.4 Å². The number of hydrogen-bond acceptors (Lipinski definition) is 0. The van der Waals surface area contributed by atoms with Gasteiger partial charge in [0, 0.05) is 0 Å². The summed E-state index contributed by atoms with van der Waals surface area (Å²) in [4.78, 5) is 0. The highest BCUT2D eigenvalue weighted by Crippen LogP contribution is 2.09. The molecule has 0 spiro atoms. The van der Waals surface area contributed by atoms with E-state index in [1.807, 2.05) is 0 Å². The quantitative estimate of drug-likeness (QED) is 0.383. The molecule has 0 fully saturated rings. The predicted octanol–water partition coefficient (Wildman–Crippen LogP) is 2.46. The highest BCUT2D eigenvalue weighted by atomic mass is 35.5. The van der Waals surface area contributed by atoms with Gasteiger partial charge in [0.25, 0.3) is 0 Å². The average Bonchev–Trinajstić information content (AvgIpc) is 1.95. The topological polar surface area (TPSA) is 0 Å². The number of rotatable bonds is 7.